The van der Waals surface area contributed by atoms with E-state index in [9.17, 15) is 19.4 Å². The number of likely N-dealkylation sites (N-methyl/N-ethyl adjacent to an activating group) is 1. The summed E-state index contributed by atoms with van der Waals surface area (Å²) in [6.45, 7) is 4.72. The number of nitrogens with zero attached hydrogens (tertiary/aromatic N) is 1. The van der Waals surface area contributed by atoms with E-state index in [2.05, 4.69) is 19.2 Å². The number of allylic oxidation sites excluding steroid dienone is 1. The Morgan fingerprint density at radius 2 is 0.720 bits per heavy atom. The third kappa shape index (κ3) is 60.7. The molecular weight excluding hydrogens is 948 g/mol. The molecule has 1 amide bonds. The summed E-state index contributed by atoms with van der Waals surface area (Å²) >= 11 is 0. The fourth-order valence-electron chi connectivity index (χ4n) is 10.5. The zero-order chi connectivity index (χ0) is 54.9. The van der Waals surface area contributed by atoms with E-state index >= 15 is 0 Å². The molecule has 0 aromatic heterocycles. The Kier molecular flexibility index (Phi) is 57.3. The highest BCUT2D eigenvalue weighted by Gasteiger charge is 2.23. The van der Waals surface area contributed by atoms with Crippen LogP contribution in [0, 0.1) is 0 Å². The summed E-state index contributed by atoms with van der Waals surface area (Å²) in [6, 6.07) is -0.883. The first kappa shape index (κ1) is 74.2. The molecule has 0 fully saturated rings. The minimum absolute atomic E-state index is 0.00296. The molecule has 0 spiro atoms. The quantitative estimate of drug-likeness (QED) is 0.0272. The van der Waals surface area contributed by atoms with Gasteiger partial charge in [0.1, 0.15) is 13.2 Å². The molecule has 0 aliphatic carbocycles. The summed E-state index contributed by atoms with van der Waals surface area (Å²) in [5, 5.41) is 14.0. The molecular formula is C66H133N2O6P. The third-order valence-electron chi connectivity index (χ3n) is 15.7. The van der Waals surface area contributed by atoms with Gasteiger partial charge in [0.2, 0.25) is 5.91 Å². The molecule has 3 atom stereocenters. The van der Waals surface area contributed by atoms with E-state index in [-0.39, 0.29) is 19.1 Å². The van der Waals surface area contributed by atoms with Gasteiger partial charge in [-0.15, -0.1) is 0 Å². The second-order valence-electron chi connectivity index (χ2n) is 24.5. The molecule has 0 radical (unpaired) electrons. The molecule has 0 aliphatic heterocycles. The highest BCUT2D eigenvalue weighted by atomic mass is 31.2. The summed E-state index contributed by atoms with van der Waals surface area (Å²) < 4.78 is 23.4. The van der Waals surface area contributed by atoms with Gasteiger partial charge in [0, 0.05) is 6.42 Å². The van der Waals surface area contributed by atoms with Crippen LogP contribution in [0.3, 0.4) is 0 Å². The van der Waals surface area contributed by atoms with Crippen LogP contribution < -0.4 is 10.2 Å². The molecule has 8 nitrogen and oxygen atoms in total. The average molecular weight is 1080 g/mol. The highest BCUT2D eigenvalue weighted by molar-refractivity contribution is 7.45. The van der Waals surface area contributed by atoms with Gasteiger partial charge in [0.05, 0.1) is 39.9 Å². The van der Waals surface area contributed by atoms with Crippen LogP contribution in [0.4, 0.5) is 0 Å². The largest absolute Gasteiger partial charge is 0.756 e. The van der Waals surface area contributed by atoms with Crippen molar-refractivity contribution in [2.24, 2.45) is 0 Å². The molecule has 0 saturated heterocycles. The van der Waals surface area contributed by atoms with E-state index < -0.39 is 20.0 Å². The Morgan fingerprint density at radius 3 is 1.00 bits per heavy atom. The Hall–Kier alpha value is -0.760. The van der Waals surface area contributed by atoms with Crippen LogP contribution >= 0.6 is 7.82 Å². The standard InChI is InChI=1S/C66H133N2O6P/c1-6-8-10-12-14-16-18-20-22-24-26-28-30-32-33-34-36-37-39-41-43-45-47-49-51-53-55-57-59-65(69)64(63-74-75(71,72)73-62-61-68(3,4)5)67-66(70)60-58-56-54-52-50-48-46-44-42-40-38-35-31-29-27-25-23-21-19-17-15-13-11-9-7-2/h57,59,64-65,69H,6-56,58,60-63H2,1-5H3,(H-,67,70,71,72)/b59-57+. The number of quaternary nitrogens is 1. The Labute approximate surface area is 469 Å². The lowest BCUT2D eigenvalue weighted by Crippen LogP contribution is -2.45. The van der Waals surface area contributed by atoms with Crippen molar-refractivity contribution < 1.29 is 32.9 Å². The second kappa shape index (κ2) is 57.9. The monoisotopic (exact) mass is 1080 g/mol. The number of carbonyl (C=O) groups excluding carboxylic acids is 1. The van der Waals surface area contributed by atoms with E-state index in [1.807, 2.05) is 27.2 Å². The van der Waals surface area contributed by atoms with E-state index in [4.69, 9.17) is 9.05 Å². The minimum atomic E-state index is -4.60. The highest BCUT2D eigenvalue weighted by Crippen LogP contribution is 2.38. The number of hydrogen-bond acceptors (Lipinski definition) is 6. The SMILES string of the molecule is CCCCCCCCCCCCCCCCCCCCCCCCCCCC/C=C/C(O)C(COP(=O)([O-])OCC[N+](C)(C)C)NC(=O)CCCCCCCCCCCCCCCCCCCCCCCCCCC. The van der Waals surface area contributed by atoms with Crippen LogP contribution in [0.15, 0.2) is 12.2 Å². The summed E-state index contributed by atoms with van der Waals surface area (Å²) in [7, 11) is 1.28. The number of phosphoric ester groups is 1. The Morgan fingerprint density at radius 1 is 0.453 bits per heavy atom. The topological polar surface area (TPSA) is 108 Å². The molecule has 2 N–H and O–H groups in total. The van der Waals surface area contributed by atoms with Crippen LogP contribution in [0.5, 0.6) is 0 Å². The van der Waals surface area contributed by atoms with Gasteiger partial charge in [-0.1, -0.05) is 341 Å². The summed E-state index contributed by atoms with van der Waals surface area (Å²) in [5.41, 5.74) is 0. The van der Waals surface area contributed by atoms with Crippen LogP contribution in [0.25, 0.3) is 0 Å². The smallest absolute Gasteiger partial charge is 0.268 e. The van der Waals surface area contributed by atoms with Crippen molar-refractivity contribution in [2.75, 3.05) is 40.9 Å². The lowest BCUT2D eigenvalue weighted by atomic mass is 10.0. The van der Waals surface area contributed by atoms with Crippen molar-refractivity contribution in [1.82, 2.24) is 5.32 Å². The molecule has 448 valence electrons. The van der Waals surface area contributed by atoms with E-state index in [0.717, 1.165) is 38.5 Å². The van der Waals surface area contributed by atoms with Crippen LogP contribution in [-0.2, 0) is 18.4 Å². The molecule has 0 saturated carbocycles. The van der Waals surface area contributed by atoms with Gasteiger partial charge < -0.3 is 28.8 Å². The molecule has 0 aromatic carbocycles. The van der Waals surface area contributed by atoms with Gasteiger partial charge in [-0.2, -0.15) is 0 Å². The van der Waals surface area contributed by atoms with Crippen molar-refractivity contribution in [1.29, 1.82) is 0 Å². The number of amides is 1. The summed E-state index contributed by atoms with van der Waals surface area (Å²) in [6.07, 6.45) is 73.2. The molecule has 3 unspecified atom stereocenters. The van der Waals surface area contributed by atoms with Crippen molar-refractivity contribution in [3.05, 3.63) is 12.2 Å². The fraction of sp³-hybridized carbons (Fsp3) is 0.955. The number of nitrogens with one attached hydrogen (secondary N) is 1. The van der Waals surface area contributed by atoms with Gasteiger partial charge in [0.15, 0.2) is 0 Å². The lowest BCUT2D eigenvalue weighted by molar-refractivity contribution is -0.870. The number of aliphatic hydroxyl groups excluding tert-OH is 1. The maximum absolute atomic E-state index is 13.0. The van der Waals surface area contributed by atoms with Crippen LogP contribution in [0.2, 0.25) is 0 Å². The molecule has 75 heavy (non-hydrogen) atoms. The second-order valence-corrected chi connectivity index (χ2v) is 26.0. The van der Waals surface area contributed by atoms with Gasteiger partial charge in [-0.25, -0.2) is 0 Å². The molecule has 0 aromatic rings. The molecule has 0 bridgehead atoms. The summed E-state index contributed by atoms with van der Waals surface area (Å²) in [4.78, 5) is 25.6. The first-order chi connectivity index (χ1) is 36.5. The van der Waals surface area contributed by atoms with E-state index in [1.165, 1.54) is 295 Å². The van der Waals surface area contributed by atoms with Gasteiger partial charge in [-0.05, 0) is 19.3 Å². The number of hydrogen-bond donors (Lipinski definition) is 2. The van der Waals surface area contributed by atoms with Crippen LogP contribution in [0.1, 0.15) is 354 Å². The Balaban J connectivity index is 4.07. The average Bonchev–Trinajstić information content (AvgIpc) is 3.37. The van der Waals surface area contributed by atoms with Gasteiger partial charge in [0.25, 0.3) is 7.82 Å². The molecule has 0 aliphatic rings. The predicted molar refractivity (Wildman–Crippen MR) is 326 cm³/mol. The zero-order valence-electron chi connectivity index (χ0n) is 51.3. The normalized spacial score (nSPS) is 13.7. The third-order valence-corrected chi connectivity index (χ3v) is 16.7. The predicted octanol–water partition coefficient (Wildman–Crippen LogP) is 20.3. The number of aliphatic hydroxyl groups is 1. The first-order valence-corrected chi connectivity index (χ1v) is 35.0. The first-order valence-electron chi connectivity index (χ1n) is 33.6. The van der Waals surface area contributed by atoms with Crippen molar-refractivity contribution in [3.63, 3.8) is 0 Å². The number of phosphoric acid groups is 1. The molecule has 9 heteroatoms. The number of carbonyl (C=O) groups is 1. The maximum atomic E-state index is 13.0. The lowest BCUT2D eigenvalue weighted by Gasteiger charge is -2.29. The maximum Gasteiger partial charge on any atom is 0.268 e. The minimum Gasteiger partial charge on any atom is -0.756 e. The molecule has 0 heterocycles. The van der Waals surface area contributed by atoms with Gasteiger partial charge >= 0.3 is 0 Å². The zero-order valence-corrected chi connectivity index (χ0v) is 52.2. The number of unbranched alkanes of at least 4 members (excludes halogenated alkanes) is 50. The molecule has 0 rings (SSSR count). The summed E-state index contributed by atoms with van der Waals surface area (Å²) in [5.74, 6) is -0.188. The fourth-order valence-corrected chi connectivity index (χ4v) is 11.2. The van der Waals surface area contributed by atoms with Crippen molar-refractivity contribution >= 4 is 13.7 Å². The van der Waals surface area contributed by atoms with Gasteiger partial charge in [-0.3, -0.25) is 9.36 Å². The number of rotatable bonds is 63. The van der Waals surface area contributed by atoms with Crippen LogP contribution in [-0.4, -0.2) is 68.5 Å². The van der Waals surface area contributed by atoms with Crippen molar-refractivity contribution in [2.45, 2.75) is 366 Å². The van der Waals surface area contributed by atoms with E-state index in [1.54, 1.807) is 6.08 Å². The van der Waals surface area contributed by atoms with Crippen molar-refractivity contribution in [3.8, 4) is 0 Å². The Bertz CT molecular complexity index is 1230. The van der Waals surface area contributed by atoms with E-state index in [0.29, 0.717) is 17.4 Å².